The van der Waals surface area contributed by atoms with Crippen molar-refractivity contribution in [2.75, 3.05) is 26.1 Å². The number of carbonyl (C=O) groups is 2. The van der Waals surface area contributed by atoms with E-state index in [1.54, 1.807) is 20.2 Å². The molecule has 1 heterocycles. The summed E-state index contributed by atoms with van der Waals surface area (Å²) in [7, 11) is 5.35. The van der Waals surface area contributed by atoms with Crippen molar-refractivity contribution < 1.29 is 18.7 Å². The Hall–Kier alpha value is -3.75. The number of rotatable bonds is 9. The van der Waals surface area contributed by atoms with Crippen molar-refractivity contribution in [1.82, 2.24) is 10.2 Å². The standard InChI is InChI=1S/C33H36FN3O3S/c1-21-31-28(34)6-5-7-30(31)41-32(21)33(39)37(27-15-11-25(35-2)12-16-27)19-24-18-23(10-17-29(24)40-4)22-8-13-26(14-9-22)36(3)20-38/h5-10,13-14,17-18,20,25,27,35H,11-12,15-16,19H2,1-4H3. The van der Waals surface area contributed by atoms with Crippen LogP contribution in [0.3, 0.4) is 0 Å². The van der Waals surface area contributed by atoms with Gasteiger partial charge in [-0.15, -0.1) is 11.3 Å². The van der Waals surface area contributed by atoms with Crippen molar-refractivity contribution in [1.29, 1.82) is 0 Å². The van der Waals surface area contributed by atoms with Crippen molar-refractivity contribution in [2.45, 2.75) is 51.2 Å². The van der Waals surface area contributed by atoms with E-state index < -0.39 is 0 Å². The number of benzene rings is 3. The number of thiophene rings is 1. The van der Waals surface area contributed by atoms with Gasteiger partial charge < -0.3 is 19.9 Å². The molecule has 41 heavy (non-hydrogen) atoms. The average Bonchev–Trinajstić information content (AvgIpc) is 3.36. The second-order valence-electron chi connectivity index (χ2n) is 10.7. The molecule has 1 fully saturated rings. The summed E-state index contributed by atoms with van der Waals surface area (Å²) in [4.78, 5) is 29.5. The van der Waals surface area contributed by atoms with Crippen LogP contribution in [0.4, 0.5) is 10.1 Å². The van der Waals surface area contributed by atoms with Crippen LogP contribution in [0, 0.1) is 12.7 Å². The van der Waals surface area contributed by atoms with Crippen molar-refractivity contribution >= 4 is 39.4 Å². The van der Waals surface area contributed by atoms with Crippen LogP contribution >= 0.6 is 11.3 Å². The summed E-state index contributed by atoms with van der Waals surface area (Å²) in [6.07, 6.45) is 4.54. The molecule has 1 aromatic heterocycles. The van der Waals surface area contributed by atoms with E-state index >= 15 is 0 Å². The molecule has 2 amide bonds. The fraction of sp³-hybridized carbons (Fsp3) is 0.333. The van der Waals surface area contributed by atoms with Crippen LogP contribution in [0.5, 0.6) is 5.75 Å². The molecule has 1 aliphatic rings. The summed E-state index contributed by atoms with van der Waals surface area (Å²) in [5.41, 5.74) is 4.41. The van der Waals surface area contributed by atoms with Gasteiger partial charge in [0, 0.05) is 47.0 Å². The van der Waals surface area contributed by atoms with Gasteiger partial charge in [-0.05, 0) is 92.7 Å². The molecule has 0 spiro atoms. The maximum Gasteiger partial charge on any atom is 0.264 e. The van der Waals surface area contributed by atoms with Crippen molar-refractivity contribution in [3.05, 3.63) is 82.5 Å². The Bertz CT molecular complexity index is 1540. The minimum absolute atomic E-state index is 0.0630. The average molecular weight is 574 g/mol. The van der Waals surface area contributed by atoms with E-state index in [0.717, 1.165) is 59.2 Å². The number of carbonyl (C=O) groups excluding carboxylic acids is 2. The van der Waals surface area contributed by atoms with E-state index in [1.807, 2.05) is 61.3 Å². The van der Waals surface area contributed by atoms with Crippen LogP contribution in [0.15, 0.2) is 60.7 Å². The molecule has 1 aliphatic carbocycles. The molecule has 4 aromatic rings. The molecule has 1 N–H and O–H groups in total. The van der Waals surface area contributed by atoms with Gasteiger partial charge in [0.2, 0.25) is 6.41 Å². The molecule has 6 nitrogen and oxygen atoms in total. The molecule has 0 saturated heterocycles. The van der Waals surface area contributed by atoms with Crippen molar-refractivity contribution in [2.24, 2.45) is 0 Å². The van der Waals surface area contributed by atoms with Crippen LogP contribution < -0.4 is 15.0 Å². The molecule has 0 atom stereocenters. The SMILES string of the molecule is CNC1CCC(N(Cc2cc(-c3ccc(N(C)C=O)cc3)ccc2OC)C(=O)c2sc3cccc(F)c3c2C)CC1. The summed E-state index contributed by atoms with van der Waals surface area (Å²) in [6.45, 7) is 2.23. The number of fused-ring (bicyclic) bond motifs is 1. The maximum absolute atomic E-state index is 14.7. The van der Waals surface area contributed by atoms with Gasteiger partial charge in [0.1, 0.15) is 11.6 Å². The third-order valence-corrected chi connectivity index (χ3v) is 9.54. The van der Waals surface area contributed by atoms with Crippen molar-refractivity contribution in [3.8, 4) is 16.9 Å². The summed E-state index contributed by atoms with van der Waals surface area (Å²) in [5, 5.41) is 3.91. The molecular weight excluding hydrogens is 537 g/mol. The summed E-state index contributed by atoms with van der Waals surface area (Å²) < 4.78 is 21.3. The molecule has 0 radical (unpaired) electrons. The zero-order valence-corrected chi connectivity index (χ0v) is 24.8. The number of ether oxygens (including phenoxy) is 1. The third-order valence-electron chi connectivity index (χ3n) is 8.29. The first-order valence-electron chi connectivity index (χ1n) is 14.0. The van der Waals surface area contributed by atoms with E-state index in [1.165, 1.54) is 22.3 Å². The Morgan fingerprint density at radius 3 is 2.41 bits per heavy atom. The van der Waals surface area contributed by atoms with Gasteiger partial charge >= 0.3 is 0 Å². The topological polar surface area (TPSA) is 61.9 Å². The summed E-state index contributed by atoms with van der Waals surface area (Å²) >= 11 is 1.37. The van der Waals surface area contributed by atoms with Crippen LogP contribution in [0.25, 0.3) is 21.2 Å². The highest BCUT2D eigenvalue weighted by molar-refractivity contribution is 7.21. The van der Waals surface area contributed by atoms with Gasteiger partial charge in [0.25, 0.3) is 5.91 Å². The Morgan fingerprint density at radius 2 is 1.78 bits per heavy atom. The molecule has 214 valence electrons. The Labute approximate surface area is 244 Å². The summed E-state index contributed by atoms with van der Waals surface area (Å²) in [5.74, 6) is 0.354. The monoisotopic (exact) mass is 573 g/mol. The normalized spacial score (nSPS) is 16.9. The molecule has 0 bridgehead atoms. The van der Waals surface area contributed by atoms with E-state index in [0.29, 0.717) is 34.2 Å². The zero-order valence-electron chi connectivity index (χ0n) is 23.9. The number of halogens is 1. The van der Waals surface area contributed by atoms with E-state index in [-0.39, 0.29) is 17.8 Å². The quantitative estimate of drug-likeness (QED) is 0.224. The molecule has 3 aromatic carbocycles. The Morgan fingerprint density at radius 1 is 1.07 bits per heavy atom. The Balaban J connectivity index is 1.52. The smallest absolute Gasteiger partial charge is 0.264 e. The largest absolute Gasteiger partial charge is 0.496 e. The second-order valence-corrected chi connectivity index (χ2v) is 11.7. The van der Waals surface area contributed by atoms with E-state index in [9.17, 15) is 14.0 Å². The predicted octanol–water partition coefficient (Wildman–Crippen LogP) is 6.79. The Kier molecular flexibility index (Phi) is 8.71. The fourth-order valence-corrected chi connectivity index (χ4v) is 7.02. The van der Waals surface area contributed by atoms with E-state index in [4.69, 9.17) is 4.74 Å². The molecule has 5 rings (SSSR count). The highest BCUT2D eigenvalue weighted by atomic mass is 32.1. The number of anilines is 1. The molecule has 0 unspecified atom stereocenters. The number of nitrogens with zero attached hydrogens (tertiary/aromatic N) is 2. The molecule has 8 heteroatoms. The van der Waals surface area contributed by atoms with E-state index in [2.05, 4.69) is 11.4 Å². The van der Waals surface area contributed by atoms with Gasteiger partial charge in [0.05, 0.1) is 12.0 Å². The third kappa shape index (κ3) is 5.85. The first kappa shape index (κ1) is 28.8. The zero-order chi connectivity index (χ0) is 29.1. The van der Waals surface area contributed by atoms with Gasteiger partial charge in [0.15, 0.2) is 0 Å². The first-order chi connectivity index (χ1) is 19.8. The van der Waals surface area contributed by atoms with Crippen LogP contribution in [0.2, 0.25) is 0 Å². The lowest BCUT2D eigenvalue weighted by molar-refractivity contribution is -0.107. The highest BCUT2D eigenvalue weighted by Crippen LogP contribution is 2.37. The molecule has 1 saturated carbocycles. The fourth-order valence-electron chi connectivity index (χ4n) is 5.85. The van der Waals surface area contributed by atoms with Crippen LogP contribution in [-0.4, -0.2) is 50.5 Å². The maximum atomic E-state index is 14.7. The van der Waals surface area contributed by atoms with Crippen LogP contribution in [0.1, 0.15) is 46.5 Å². The van der Waals surface area contributed by atoms with Gasteiger partial charge in [-0.1, -0.05) is 24.3 Å². The summed E-state index contributed by atoms with van der Waals surface area (Å²) in [6, 6.07) is 19.3. The lowest BCUT2D eigenvalue weighted by Gasteiger charge is -2.37. The molecular formula is C33H36FN3O3S. The van der Waals surface area contributed by atoms with Gasteiger partial charge in [-0.3, -0.25) is 9.59 Å². The number of hydrogen-bond acceptors (Lipinski definition) is 5. The number of nitrogens with one attached hydrogen (secondary N) is 1. The minimum Gasteiger partial charge on any atom is -0.496 e. The van der Waals surface area contributed by atoms with Gasteiger partial charge in [-0.25, -0.2) is 4.39 Å². The highest BCUT2D eigenvalue weighted by Gasteiger charge is 2.32. The molecule has 0 aliphatic heterocycles. The number of amides is 2. The first-order valence-corrected chi connectivity index (χ1v) is 14.8. The van der Waals surface area contributed by atoms with Gasteiger partial charge in [-0.2, -0.15) is 0 Å². The number of methoxy groups -OCH3 is 1. The second kappa shape index (κ2) is 12.4. The lowest BCUT2D eigenvalue weighted by Crippen LogP contribution is -2.44. The minimum atomic E-state index is -0.295. The predicted molar refractivity (Wildman–Crippen MR) is 164 cm³/mol. The van der Waals surface area contributed by atoms with Crippen LogP contribution in [-0.2, 0) is 11.3 Å². The van der Waals surface area contributed by atoms with Crippen molar-refractivity contribution in [3.63, 3.8) is 0 Å². The number of aryl methyl sites for hydroxylation is 1. The lowest BCUT2D eigenvalue weighted by atomic mass is 9.89. The number of hydrogen-bond donors (Lipinski definition) is 1.